The van der Waals surface area contributed by atoms with Gasteiger partial charge in [0.2, 0.25) is 53.2 Å². The van der Waals surface area contributed by atoms with Crippen molar-refractivity contribution in [1.82, 2.24) is 42.5 Å². The Morgan fingerprint density at radius 1 is 0.569 bits per heavy atom. The molecule has 0 radical (unpaired) electrons. The van der Waals surface area contributed by atoms with E-state index in [2.05, 4.69) is 67.8 Å². The second-order valence-electron chi connectivity index (χ2n) is 17.2. The zero-order valence-corrected chi connectivity index (χ0v) is 42.6. The number of carbonyl (C=O) groups is 9. The Labute approximate surface area is 430 Å². The first kappa shape index (κ1) is 62.1. The summed E-state index contributed by atoms with van der Waals surface area (Å²) in [5.41, 5.74) is 23.7. The topological polar surface area (TPSA) is 394 Å². The van der Waals surface area contributed by atoms with Crippen LogP contribution in [0.4, 0.5) is 0 Å². The quantitative estimate of drug-likeness (QED) is 0.0241. The molecule has 2 aromatic rings. The van der Waals surface area contributed by atoms with Gasteiger partial charge in [-0.2, -0.15) is 25.3 Å². The van der Waals surface area contributed by atoms with Gasteiger partial charge in [0.05, 0.1) is 19.2 Å². The Hall–Kier alpha value is -5.99. The molecule has 0 heterocycles. The third-order valence-corrected chi connectivity index (χ3v) is 12.3. The van der Waals surface area contributed by atoms with Gasteiger partial charge >= 0.3 is 0 Å². The fourth-order valence-electron chi connectivity index (χ4n) is 7.00. The average molecular weight is 1050 g/mol. The molecular formula is C47H74N12O11S2. The van der Waals surface area contributed by atoms with Gasteiger partial charge in [0.15, 0.2) is 0 Å². The number of carbonyl (C=O) groups excluding carboxylic acids is 9. The number of aliphatic hydroxyl groups is 1. The highest BCUT2D eigenvalue weighted by atomic mass is 32.1. The van der Waals surface area contributed by atoms with E-state index >= 15 is 0 Å². The van der Waals surface area contributed by atoms with Gasteiger partial charge < -0.3 is 75.7 Å². The van der Waals surface area contributed by atoms with Crippen LogP contribution in [-0.2, 0) is 56.0 Å². The van der Waals surface area contributed by atoms with E-state index in [1.54, 1.807) is 44.2 Å². The minimum absolute atomic E-state index is 0.00930. The van der Waals surface area contributed by atoms with E-state index in [0.29, 0.717) is 56.3 Å². The van der Waals surface area contributed by atoms with Crippen LogP contribution in [0.25, 0.3) is 0 Å². The molecule has 0 aliphatic carbocycles. The van der Waals surface area contributed by atoms with Crippen LogP contribution in [0.1, 0.15) is 69.9 Å². The van der Waals surface area contributed by atoms with E-state index in [1.165, 1.54) is 24.3 Å². The van der Waals surface area contributed by atoms with E-state index in [-0.39, 0.29) is 42.9 Å². The van der Waals surface area contributed by atoms with E-state index < -0.39 is 121 Å². The number of nitrogens with two attached hydrogens (primary N) is 4. The summed E-state index contributed by atoms with van der Waals surface area (Å²) in [6, 6.07) is 4.25. The minimum Gasteiger partial charge on any atom is -0.508 e. The fraction of sp³-hybridized carbons (Fsp3) is 0.553. The number of amides is 9. The number of hydrogen-bond acceptors (Lipinski definition) is 16. The lowest BCUT2D eigenvalue weighted by Gasteiger charge is -2.27. The van der Waals surface area contributed by atoms with Gasteiger partial charge in [-0.25, -0.2) is 0 Å². The van der Waals surface area contributed by atoms with E-state index in [1.807, 2.05) is 0 Å². The highest BCUT2D eigenvalue weighted by molar-refractivity contribution is 7.80. The lowest BCUT2D eigenvalue weighted by atomic mass is 9.97. The molecule has 0 aromatic heterocycles. The summed E-state index contributed by atoms with van der Waals surface area (Å²) >= 11 is 8.31. The second kappa shape index (κ2) is 33.6. The predicted octanol–water partition coefficient (Wildman–Crippen LogP) is -3.34. The summed E-state index contributed by atoms with van der Waals surface area (Å²) in [5, 5.41) is 40.3. The number of aliphatic hydroxyl groups excluding tert-OH is 1. The molecule has 18 N–H and O–H groups in total. The first-order valence-corrected chi connectivity index (χ1v) is 25.1. The van der Waals surface area contributed by atoms with Crippen molar-refractivity contribution in [2.75, 3.05) is 37.7 Å². The zero-order chi connectivity index (χ0) is 53.8. The number of primary amides is 1. The number of hydrogen-bond donors (Lipinski definition) is 16. The highest BCUT2D eigenvalue weighted by Crippen LogP contribution is 2.14. The van der Waals surface area contributed by atoms with Gasteiger partial charge in [0.1, 0.15) is 48.0 Å². The van der Waals surface area contributed by atoms with Crippen molar-refractivity contribution >= 4 is 78.4 Å². The van der Waals surface area contributed by atoms with E-state index in [9.17, 15) is 53.4 Å². The molecular weight excluding hydrogens is 973 g/mol. The molecule has 0 aliphatic rings. The van der Waals surface area contributed by atoms with Gasteiger partial charge in [-0.15, -0.1) is 0 Å². The van der Waals surface area contributed by atoms with Crippen LogP contribution in [-0.4, -0.2) is 149 Å². The van der Waals surface area contributed by atoms with Crippen molar-refractivity contribution in [2.24, 2.45) is 28.9 Å². The maximum absolute atomic E-state index is 14.0. The summed E-state index contributed by atoms with van der Waals surface area (Å²) in [5.74, 6) is -7.96. The van der Waals surface area contributed by atoms with E-state index in [0.717, 1.165) is 0 Å². The van der Waals surface area contributed by atoms with Crippen molar-refractivity contribution in [3.05, 3.63) is 65.7 Å². The molecule has 0 fully saturated rings. The molecule has 25 heteroatoms. The third-order valence-electron chi connectivity index (χ3n) is 11.5. The van der Waals surface area contributed by atoms with Crippen LogP contribution in [0.15, 0.2) is 54.6 Å². The number of benzene rings is 2. The fourth-order valence-corrected chi connectivity index (χ4v) is 7.42. The summed E-state index contributed by atoms with van der Waals surface area (Å²) in [6.45, 7) is 2.51. The van der Waals surface area contributed by atoms with Gasteiger partial charge in [0, 0.05) is 24.3 Å². The molecule has 400 valence electrons. The van der Waals surface area contributed by atoms with Crippen molar-refractivity contribution in [1.29, 1.82) is 0 Å². The molecule has 0 saturated carbocycles. The van der Waals surface area contributed by atoms with Gasteiger partial charge in [-0.1, -0.05) is 62.7 Å². The summed E-state index contributed by atoms with van der Waals surface area (Å²) < 4.78 is 0. The molecule has 9 amide bonds. The third kappa shape index (κ3) is 22.2. The number of thiol groups is 2. The smallest absolute Gasteiger partial charge is 0.245 e. The van der Waals surface area contributed by atoms with Crippen molar-refractivity contribution < 1.29 is 53.4 Å². The van der Waals surface area contributed by atoms with Crippen LogP contribution >= 0.6 is 25.3 Å². The second-order valence-corrected chi connectivity index (χ2v) is 17.9. The average Bonchev–Trinajstić information content (AvgIpc) is 3.36. The van der Waals surface area contributed by atoms with Crippen LogP contribution in [0.3, 0.4) is 0 Å². The maximum Gasteiger partial charge on any atom is 0.245 e. The molecule has 2 aromatic carbocycles. The number of phenols is 1. The monoisotopic (exact) mass is 1050 g/mol. The zero-order valence-electron chi connectivity index (χ0n) is 40.8. The molecule has 0 saturated heterocycles. The summed E-state index contributed by atoms with van der Waals surface area (Å²) in [7, 11) is 0. The van der Waals surface area contributed by atoms with Crippen molar-refractivity contribution in [3.63, 3.8) is 0 Å². The van der Waals surface area contributed by atoms with Crippen molar-refractivity contribution in [3.8, 4) is 5.75 Å². The first-order chi connectivity index (χ1) is 34.3. The number of phenolic OH excluding ortho intramolecular Hbond substituents is 1. The van der Waals surface area contributed by atoms with Crippen LogP contribution in [0.5, 0.6) is 5.75 Å². The Balaban J connectivity index is 2.26. The lowest BCUT2D eigenvalue weighted by molar-refractivity contribution is -0.135. The van der Waals surface area contributed by atoms with Gasteiger partial charge in [0.25, 0.3) is 0 Å². The first-order valence-electron chi connectivity index (χ1n) is 23.8. The van der Waals surface area contributed by atoms with Crippen LogP contribution < -0.4 is 65.5 Å². The lowest BCUT2D eigenvalue weighted by Crippen LogP contribution is -2.60. The number of rotatable bonds is 34. The van der Waals surface area contributed by atoms with Gasteiger partial charge in [-0.3, -0.25) is 43.2 Å². The predicted molar refractivity (Wildman–Crippen MR) is 276 cm³/mol. The van der Waals surface area contributed by atoms with Gasteiger partial charge in [-0.05, 0) is 80.8 Å². The van der Waals surface area contributed by atoms with Crippen molar-refractivity contribution in [2.45, 2.75) is 120 Å². The van der Waals surface area contributed by atoms with Crippen LogP contribution in [0.2, 0.25) is 0 Å². The number of unbranched alkanes of at least 4 members (excludes halogenated alkanes) is 2. The summed E-state index contributed by atoms with van der Waals surface area (Å²) in [6.07, 6.45) is 2.63. The van der Waals surface area contributed by atoms with Crippen LogP contribution in [0, 0.1) is 5.92 Å². The number of aromatic hydroxyl groups is 1. The molecule has 72 heavy (non-hydrogen) atoms. The minimum atomic E-state index is -1.66. The largest absolute Gasteiger partial charge is 0.508 e. The molecule has 0 aliphatic heterocycles. The molecule has 23 nitrogen and oxygen atoms in total. The Bertz CT molecular complexity index is 2080. The Morgan fingerprint density at radius 3 is 1.60 bits per heavy atom. The molecule has 9 atom stereocenters. The maximum atomic E-state index is 14.0. The SMILES string of the molecule is CC[C@H](C)[C@H](NC(=O)[C@H](N)CS)C(=O)N[C@@H](Cc1ccc(O)cc1)C(=O)NCC(=O)N[C@@H](CO)C(=O)N[C@@H](Cc1ccccc1)C(=O)N[C@@H](CS)C(=O)N[C@@H](CCCCN)C(=O)N[C@@H](CCCCN)C(N)=O. The number of nitrogens with one attached hydrogen (secondary N) is 8. The molecule has 0 bridgehead atoms. The highest BCUT2D eigenvalue weighted by Gasteiger charge is 2.34. The Morgan fingerprint density at radius 2 is 1.06 bits per heavy atom. The standard InChI is InChI=1S/C47H74N12O11S2/c1-3-27(2)39(59-41(64)31(50)25-71)47(70)57-34(22-29-15-17-30(61)18-16-29)42(65)52-23-38(62)53-36(24-60)45(68)56-35(21-28-11-5-4-6-12-28)44(67)58-37(26-72)46(69)55-33(14-8-10-20-49)43(66)54-32(40(51)63)13-7-9-19-48/h4-6,11-12,15-18,27,31-37,39,60-61,71-72H,3,7-10,13-14,19-26,48-50H2,1-2H3,(H2,51,63)(H,52,65)(H,53,62)(H,54,66)(H,55,69)(H,56,68)(H,57,70)(H,58,67)(H,59,64)/t27-,31+,32-,33-,34-,35-,36-,37-,39-/m0/s1. The summed E-state index contributed by atoms with van der Waals surface area (Å²) in [4.78, 5) is 120. The molecule has 0 unspecified atom stereocenters. The molecule has 0 spiro atoms. The Kier molecular flexibility index (Phi) is 29.0. The van der Waals surface area contributed by atoms with E-state index in [4.69, 9.17) is 22.9 Å². The normalized spacial score (nSPS) is 14.8. The molecule has 2 rings (SSSR count).